The van der Waals surface area contributed by atoms with Crippen LogP contribution in [0.1, 0.15) is 25.3 Å². The highest BCUT2D eigenvalue weighted by molar-refractivity contribution is 5.78. The number of carbonyl (C=O) groups is 2. The lowest BCUT2D eigenvalue weighted by Crippen LogP contribution is -2.46. The summed E-state index contributed by atoms with van der Waals surface area (Å²) >= 11 is 0. The highest BCUT2D eigenvalue weighted by Gasteiger charge is 2.22. The molecule has 132 valence electrons. The summed E-state index contributed by atoms with van der Waals surface area (Å²) in [5, 5.41) is 10.00. The van der Waals surface area contributed by atoms with Crippen LogP contribution in [0.4, 0.5) is 4.79 Å². The van der Waals surface area contributed by atoms with Crippen LogP contribution in [0, 0.1) is 0 Å². The summed E-state index contributed by atoms with van der Waals surface area (Å²) in [6.45, 7) is 3.64. The topological polar surface area (TPSA) is 79.3 Å². The molecule has 3 amide bonds. The van der Waals surface area contributed by atoms with Crippen molar-refractivity contribution in [3.05, 3.63) is 48.3 Å². The van der Waals surface area contributed by atoms with Gasteiger partial charge >= 0.3 is 6.03 Å². The quantitative estimate of drug-likeness (QED) is 0.839. The van der Waals surface area contributed by atoms with Gasteiger partial charge in [-0.1, -0.05) is 18.2 Å². The Labute approximate surface area is 147 Å². The molecule has 1 atom stereocenters. The van der Waals surface area contributed by atoms with Crippen molar-refractivity contribution < 1.29 is 9.59 Å². The number of aromatic nitrogens is 2. The van der Waals surface area contributed by atoms with Crippen LogP contribution >= 0.6 is 0 Å². The number of carbonyl (C=O) groups excluding carboxylic acids is 2. The average molecular weight is 341 g/mol. The Balaban J connectivity index is 1.52. The van der Waals surface area contributed by atoms with Crippen LogP contribution in [0.3, 0.4) is 0 Å². The van der Waals surface area contributed by atoms with E-state index in [9.17, 15) is 9.59 Å². The van der Waals surface area contributed by atoms with Crippen LogP contribution in [0.15, 0.2) is 42.7 Å². The Bertz CT molecular complexity index is 729. The molecule has 0 radical (unpaired) electrons. The maximum absolute atomic E-state index is 12.1. The van der Waals surface area contributed by atoms with Gasteiger partial charge in [-0.15, -0.1) is 0 Å². The number of rotatable bonds is 6. The van der Waals surface area contributed by atoms with E-state index >= 15 is 0 Å². The van der Waals surface area contributed by atoms with Gasteiger partial charge in [0.05, 0.1) is 5.69 Å². The SMILES string of the molecule is C[C@@H](CN1CCCC1=O)NC(=O)NCc1ccccc1-n1cccn1. The van der Waals surface area contributed by atoms with Crippen LogP contribution in [0.25, 0.3) is 5.69 Å². The summed E-state index contributed by atoms with van der Waals surface area (Å²) in [6, 6.07) is 9.32. The fourth-order valence-corrected chi connectivity index (χ4v) is 3.02. The number of hydrogen-bond acceptors (Lipinski definition) is 3. The van der Waals surface area contributed by atoms with Gasteiger partial charge in [-0.3, -0.25) is 4.79 Å². The van der Waals surface area contributed by atoms with Crippen molar-refractivity contribution in [1.82, 2.24) is 25.3 Å². The number of amides is 3. The molecule has 1 fully saturated rings. The van der Waals surface area contributed by atoms with Gasteiger partial charge in [0.25, 0.3) is 0 Å². The van der Waals surface area contributed by atoms with Crippen molar-refractivity contribution in [2.45, 2.75) is 32.4 Å². The highest BCUT2D eigenvalue weighted by atomic mass is 16.2. The standard InChI is InChI=1S/C18H23N5O2/c1-14(13-22-10-4-8-17(22)24)21-18(25)19-12-15-6-2-3-7-16(15)23-11-5-9-20-23/h2-3,5-7,9,11,14H,4,8,10,12-13H2,1H3,(H2,19,21,25)/t14-/m0/s1. The van der Waals surface area contributed by atoms with E-state index < -0.39 is 0 Å². The first-order valence-electron chi connectivity index (χ1n) is 8.53. The summed E-state index contributed by atoms with van der Waals surface area (Å²) in [5.41, 5.74) is 1.91. The summed E-state index contributed by atoms with van der Waals surface area (Å²) in [6.07, 6.45) is 5.11. The molecule has 0 spiro atoms. The van der Waals surface area contributed by atoms with Crippen LogP contribution < -0.4 is 10.6 Å². The van der Waals surface area contributed by atoms with Gasteiger partial charge in [-0.25, -0.2) is 9.48 Å². The molecule has 1 aromatic heterocycles. The first-order chi connectivity index (χ1) is 12.1. The minimum atomic E-state index is -0.241. The van der Waals surface area contributed by atoms with Gasteiger partial charge < -0.3 is 15.5 Å². The molecule has 1 aliphatic heterocycles. The van der Waals surface area contributed by atoms with Gasteiger partial charge in [0.2, 0.25) is 5.91 Å². The lowest BCUT2D eigenvalue weighted by molar-refractivity contribution is -0.127. The molecule has 0 aliphatic carbocycles. The second-order valence-electron chi connectivity index (χ2n) is 6.25. The molecule has 7 heteroatoms. The van der Waals surface area contributed by atoms with Crippen molar-refractivity contribution >= 4 is 11.9 Å². The molecular formula is C18H23N5O2. The van der Waals surface area contributed by atoms with Gasteiger partial charge in [0.1, 0.15) is 0 Å². The molecule has 0 unspecified atom stereocenters. The Morgan fingerprint density at radius 2 is 2.16 bits per heavy atom. The molecule has 1 saturated heterocycles. The smallest absolute Gasteiger partial charge is 0.315 e. The number of benzene rings is 1. The second-order valence-corrected chi connectivity index (χ2v) is 6.25. The molecule has 3 rings (SSSR count). The van der Waals surface area contributed by atoms with Crippen molar-refractivity contribution in [3.63, 3.8) is 0 Å². The van der Waals surface area contributed by atoms with Crippen molar-refractivity contribution in [2.75, 3.05) is 13.1 Å². The maximum Gasteiger partial charge on any atom is 0.315 e. The number of nitrogens with one attached hydrogen (secondary N) is 2. The highest BCUT2D eigenvalue weighted by Crippen LogP contribution is 2.13. The summed E-state index contributed by atoms with van der Waals surface area (Å²) in [4.78, 5) is 25.6. The molecule has 7 nitrogen and oxygen atoms in total. The molecule has 2 heterocycles. The maximum atomic E-state index is 12.1. The zero-order valence-electron chi connectivity index (χ0n) is 14.3. The Hall–Kier alpha value is -2.83. The Morgan fingerprint density at radius 3 is 2.88 bits per heavy atom. The molecule has 1 aromatic carbocycles. The van der Waals surface area contributed by atoms with E-state index in [1.807, 2.05) is 43.5 Å². The molecule has 1 aliphatic rings. The molecule has 0 saturated carbocycles. The van der Waals surface area contributed by atoms with E-state index in [4.69, 9.17) is 0 Å². The van der Waals surface area contributed by atoms with Crippen LogP contribution in [0.2, 0.25) is 0 Å². The third-order valence-electron chi connectivity index (χ3n) is 4.23. The van der Waals surface area contributed by atoms with Crippen molar-refractivity contribution in [2.24, 2.45) is 0 Å². The predicted molar refractivity (Wildman–Crippen MR) is 94.2 cm³/mol. The summed E-state index contributed by atoms with van der Waals surface area (Å²) in [7, 11) is 0. The normalized spacial score (nSPS) is 15.2. The Kier molecular flexibility index (Phi) is 5.33. The molecule has 0 bridgehead atoms. The summed E-state index contributed by atoms with van der Waals surface area (Å²) in [5.74, 6) is 0.169. The van der Waals surface area contributed by atoms with Gasteiger partial charge in [0, 0.05) is 44.5 Å². The summed E-state index contributed by atoms with van der Waals surface area (Å²) < 4.78 is 1.77. The third-order valence-corrected chi connectivity index (χ3v) is 4.23. The predicted octanol–water partition coefficient (Wildman–Crippen LogP) is 1.68. The van der Waals surface area contributed by atoms with Gasteiger partial charge in [0.15, 0.2) is 0 Å². The minimum absolute atomic E-state index is 0.0941. The third kappa shape index (κ3) is 4.37. The van der Waals surface area contributed by atoms with E-state index in [1.54, 1.807) is 15.8 Å². The molecule has 2 aromatic rings. The van der Waals surface area contributed by atoms with E-state index in [2.05, 4.69) is 15.7 Å². The van der Waals surface area contributed by atoms with E-state index in [-0.39, 0.29) is 18.0 Å². The minimum Gasteiger partial charge on any atom is -0.341 e. The second kappa shape index (κ2) is 7.83. The number of para-hydroxylation sites is 1. The fourth-order valence-electron chi connectivity index (χ4n) is 3.02. The van der Waals surface area contributed by atoms with Gasteiger partial charge in [-0.05, 0) is 31.0 Å². The van der Waals surface area contributed by atoms with Crippen LogP contribution in [0.5, 0.6) is 0 Å². The van der Waals surface area contributed by atoms with Crippen molar-refractivity contribution in [1.29, 1.82) is 0 Å². The zero-order chi connectivity index (χ0) is 17.6. The molecule has 25 heavy (non-hydrogen) atoms. The first-order valence-corrected chi connectivity index (χ1v) is 8.53. The first kappa shape index (κ1) is 17.0. The van der Waals surface area contributed by atoms with E-state index in [0.29, 0.717) is 19.5 Å². The van der Waals surface area contributed by atoms with Gasteiger partial charge in [-0.2, -0.15) is 5.10 Å². The number of hydrogen-bond donors (Lipinski definition) is 2. The number of likely N-dealkylation sites (tertiary alicyclic amines) is 1. The Morgan fingerprint density at radius 1 is 1.32 bits per heavy atom. The van der Waals surface area contributed by atoms with Crippen LogP contribution in [-0.2, 0) is 11.3 Å². The number of urea groups is 1. The monoisotopic (exact) mass is 341 g/mol. The fraction of sp³-hybridized carbons (Fsp3) is 0.389. The van der Waals surface area contributed by atoms with Crippen LogP contribution in [-0.4, -0.2) is 45.8 Å². The van der Waals surface area contributed by atoms with Crippen molar-refractivity contribution in [3.8, 4) is 5.69 Å². The average Bonchev–Trinajstić information content (AvgIpc) is 3.26. The van der Waals surface area contributed by atoms with E-state index in [1.165, 1.54) is 0 Å². The lowest BCUT2D eigenvalue weighted by Gasteiger charge is -2.22. The molecular weight excluding hydrogens is 318 g/mol. The zero-order valence-corrected chi connectivity index (χ0v) is 14.3. The molecule has 2 N–H and O–H groups in total. The number of nitrogens with zero attached hydrogens (tertiary/aromatic N) is 3. The lowest BCUT2D eigenvalue weighted by atomic mass is 10.2. The van der Waals surface area contributed by atoms with E-state index in [0.717, 1.165) is 24.2 Å². The largest absolute Gasteiger partial charge is 0.341 e.